The van der Waals surface area contributed by atoms with Gasteiger partial charge in [0.25, 0.3) is 0 Å². The highest BCUT2D eigenvalue weighted by Gasteiger charge is 2.67. The number of amides is 2. The van der Waals surface area contributed by atoms with Crippen LogP contribution < -0.4 is 4.90 Å². The van der Waals surface area contributed by atoms with Crippen molar-refractivity contribution in [2.24, 2.45) is 11.8 Å². The van der Waals surface area contributed by atoms with E-state index in [0.717, 1.165) is 27.8 Å². The van der Waals surface area contributed by atoms with Crippen LogP contribution in [0.4, 0.5) is 5.69 Å². The minimum absolute atomic E-state index is 0.0957. The summed E-state index contributed by atoms with van der Waals surface area (Å²) in [6, 6.07) is 24.1. The van der Waals surface area contributed by atoms with Crippen LogP contribution in [-0.4, -0.2) is 11.8 Å². The fourth-order valence-corrected chi connectivity index (χ4v) is 6.83. The first-order valence-corrected chi connectivity index (χ1v) is 10.6. The lowest BCUT2D eigenvalue weighted by atomic mass is 9.55. The summed E-state index contributed by atoms with van der Waals surface area (Å²) in [5.41, 5.74) is 6.27. The first-order valence-electron chi connectivity index (χ1n) is 9.85. The van der Waals surface area contributed by atoms with Gasteiger partial charge in [-0.2, -0.15) is 0 Å². The maximum Gasteiger partial charge on any atom is 0.239 e. The first kappa shape index (κ1) is 17.2. The molecule has 2 amide bonds. The van der Waals surface area contributed by atoms with Crippen molar-refractivity contribution in [3.63, 3.8) is 0 Å². The predicted octanol–water partition coefficient (Wildman–Crippen LogP) is 4.90. The fraction of sp³-hybridized carbons (Fsp3) is 0.200. The normalized spacial score (nSPS) is 28.9. The molecule has 7 rings (SSSR count). The Morgan fingerprint density at radius 1 is 0.793 bits per heavy atom. The number of imide groups is 1. The molecule has 0 N–H and O–H groups in total. The molecule has 1 saturated heterocycles. The van der Waals surface area contributed by atoms with E-state index in [1.165, 1.54) is 4.90 Å². The number of rotatable bonds is 1. The molecule has 0 radical (unpaired) electrons. The number of hydrogen-bond donors (Lipinski definition) is 0. The Kier molecular flexibility index (Phi) is 3.35. The van der Waals surface area contributed by atoms with Crippen molar-refractivity contribution in [3.8, 4) is 0 Å². The fourth-order valence-electron chi connectivity index (χ4n) is 5.63. The van der Waals surface area contributed by atoms with Crippen molar-refractivity contribution >= 4 is 33.4 Å². The van der Waals surface area contributed by atoms with E-state index in [1.54, 1.807) is 0 Å². The second-order valence-corrected chi connectivity index (χ2v) is 9.47. The lowest BCUT2D eigenvalue weighted by Crippen LogP contribution is -2.50. The van der Waals surface area contributed by atoms with Gasteiger partial charge in [0.05, 0.1) is 21.8 Å². The zero-order chi connectivity index (χ0) is 19.9. The number of hydrogen-bond acceptors (Lipinski definition) is 2. The Morgan fingerprint density at radius 2 is 1.34 bits per heavy atom. The smallest absolute Gasteiger partial charge is 0.239 e. The maximum atomic E-state index is 13.7. The van der Waals surface area contributed by atoms with E-state index in [-0.39, 0.29) is 17.7 Å². The molecule has 142 valence electrons. The third kappa shape index (κ3) is 1.98. The second-order valence-electron chi connectivity index (χ2n) is 8.21. The van der Waals surface area contributed by atoms with E-state index >= 15 is 0 Å². The molecule has 3 nitrogen and oxygen atoms in total. The lowest BCUT2D eigenvalue weighted by molar-refractivity contribution is -0.122. The van der Waals surface area contributed by atoms with Gasteiger partial charge in [0.15, 0.2) is 0 Å². The Bertz CT molecular complexity index is 1150. The Morgan fingerprint density at radius 3 is 1.93 bits per heavy atom. The molecule has 1 heterocycles. The van der Waals surface area contributed by atoms with E-state index in [2.05, 4.69) is 40.2 Å². The number of benzene rings is 3. The van der Waals surface area contributed by atoms with E-state index < -0.39 is 16.2 Å². The predicted molar refractivity (Wildman–Crippen MR) is 115 cm³/mol. The summed E-state index contributed by atoms with van der Waals surface area (Å²) < 4.78 is -0.689. The van der Waals surface area contributed by atoms with Crippen molar-refractivity contribution in [1.29, 1.82) is 0 Å². The zero-order valence-electron chi connectivity index (χ0n) is 15.8. The van der Waals surface area contributed by atoms with E-state index in [0.29, 0.717) is 5.69 Å². The number of nitrogens with zero attached hydrogens (tertiary/aromatic N) is 1. The SMILES string of the molecule is Cc1ccc(N2C(=O)[C@H]3C4c5ccccc5C(Br)(c5ccccc54)[C@H]3C2=O)cc1. The highest BCUT2D eigenvalue weighted by molar-refractivity contribution is 9.09. The number of halogens is 1. The summed E-state index contributed by atoms with van der Waals surface area (Å²) in [5.74, 6) is -1.16. The molecular formula is C25H18BrNO2. The molecule has 2 atom stereocenters. The van der Waals surface area contributed by atoms with E-state index in [1.807, 2.05) is 55.5 Å². The summed E-state index contributed by atoms with van der Waals surface area (Å²) in [5, 5.41) is 0. The van der Waals surface area contributed by atoms with Gasteiger partial charge in [-0.3, -0.25) is 9.59 Å². The first-order chi connectivity index (χ1) is 14.0. The molecule has 4 aliphatic rings. The average Bonchev–Trinajstić information content (AvgIpc) is 3.01. The summed E-state index contributed by atoms with van der Waals surface area (Å²) in [7, 11) is 0. The van der Waals surface area contributed by atoms with Gasteiger partial charge in [0.1, 0.15) is 0 Å². The number of aryl methyl sites for hydroxylation is 1. The molecule has 3 aliphatic carbocycles. The average molecular weight is 444 g/mol. The van der Waals surface area contributed by atoms with Gasteiger partial charge in [0, 0.05) is 5.92 Å². The van der Waals surface area contributed by atoms with Crippen LogP contribution >= 0.6 is 15.9 Å². The van der Waals surface area contributed by atoms with Crippen molar-refractivity contribution in [3.05, 3.63) is 101 Å². The van der Waals surface area contributed by atoms with Crippen LogP contribution in [0, 0.1) is 18.8 Å². The highest BCUT2D eigenvalue weighted by Crippen LogP contribution is 2.66. The molecule has 4 heteroatoms. The molecule has 0 spiro atoms. The number of carbonyl (C=O) groups excluding carboxylic acids is 2. The lowest BCUT2D eigenvalue weighted by Gasteiger charge is -2.51. The van der Waals surface area contributed by atoms with Crippen LogP contribution in [0.2, 0.25) is 0 Å². The van der Waals surface area contributed by atoms with Gasteiger partial charge in [0.2, 0.25) is 11.8 Å². The highest BCUT2D eigenvalue weighted by atomic mass is 79.9. The molecule has 3 aromatic carbocycles. The van der Waals surface area contributed by atoms with Crippen LogP contribution in [-0.2, 0) is 13.9 Å². The standard InChI is InChI=1S/C25H18BrNO2/c1-14-10-12-15(13-11-14)27-23(28)21-20-16-6-2-4-8-18(16)25(26,22(21)24(27)29)19-9-5-3-7-17(19)20/h2-13,20-22H,1H3/t20?,21-,22+,25?/m0/s1. The number of alkyl halides is 1. The Hall–Kier alpha value is -2.72. The Labute approximate surface area is 177 Å². The quantitative estimate of drug-likeness (QED) is 0.396. The molecular weight excluding hydrogens is 426 g/mol. The van der Waals surface area contributed by atoms with Gasteiger partial charge in [-0.05, 0) is 41.3 Å². The zero-order valence-corrected chi connectivity index (χ0v) is 17.4. The van der Waals surface area contributed by atoms with Gasteiger partial charge < -0.3 is 0 Å². The molecule has 1 fully saturated rings. The third-order valence-corrected chi connectivity index (χ3v) is 8.15. The van der Waals surface area contributed by atoms with E-state index in [9.17, 15) is 9.59 Å². The third-order valence-electron chi connectivity index (χ3n) is 6.81. The maximum absolute atomic E-state index is 13.7. The van der Waals surface area contributed by atoms with Crippen LogP contribution in [0.15, 0.2) is 72.8 Å². The Balaban J connectivity index is 1.61. The largest absolute Gasteiger partial charge is 0.274 e. The van der Waals surface area contributed by atoms with Crippen molar-refractivity contribution < 1.29 is 9.59 Å². The molecule has 2 bridgehead atoms. The topological polar surface area (TPSA) is 37.4 Å². The van der Waals surface area contributed by atoms with Crippen molar-refractivity contribution in [2.75, 3.05) is 4.90 Å². The van der Waals surface area contributed by atoms with Crippen molar-refractivity contribution in [1.82, 2.24) is 0 Å². The molecule has 29 heavy (non-hydrogen) atoms. The summed E-state index contributed by atoms with van der Waals surface area (Å²) in [6.45, 7) is 2.00. The van der Waals surface area contributed by atoms with Crippen LogP contribution in [0.5, 0.6) is 0 Å². The molecule has 0 saturated carbocycles. The van der Waals surface area contributed by atoms with Crippen LogP contribution in [0.1, 0.15) is 33.7 Å². The van der Waals surface area contributed by atoms with Crippen LogP contribution in [0.3, 0.4) is 0 Å². The van der Waals surface area contributed by atoms with E-state index in [4.69, 9.17) is 0 Å². The van der Waals surface area contributed by atoms with Gasteiger partial charge in [-0.15, -0.1) is 0 Å². The molecule has 0 unspecified atom stereocenters. The number of anilines is 1. The minimum atomic E-state index is -0.689. The number of carbonyl (C=O) groups is 2. The van der Waals surface area contributed by atoms with Gasteiger partial charge in [-0.25, -0.2) is 4.90 Å². The molecule has 1 aliphatic heterocycles. The summed E-state index contributed by atoms with van der Waals surface area (Å²) >= 11 is 4.02. The molecule has 0 aromatic heterocycles. The van der Waals surface area contributed by atoms with Gasteiger partial charge in [-0.1, -0.05) is 82.2 Å². The second kappa shape index (κ2) is 5.67. The van der Waals surface area contributed by atoms with Gasteiger partial charge >= 0.3 is 0 Å². The van der Waals surface area contributed by atoms with Crippen molar-refractivity contribution in [2.45, 2.75) is 17.2 Å². The monoisotopic (exact) mass is 443 g/mol. The summed E-state index contributed by atoms with van der Waals surface area (Å²) in [6.07, 6.45) is 0. The van der Waals surface area contributed by atoms with Crippen LogP contribution in [0.25, 0.3) is 0 Å². The minimum Gasteiger partial charge on any atom is -0.274 e. The molecule has 3 aromatic rings. The summed E-state index contributed by atoms with van der Waals surface area (Å²) in [4.78, 5) is 28.8.